The second kappa shape index (κ2) is 6.22. The van der Waals surface area contributed by atoms with E-state index in [0.29, 0.717) is 12.5 Å². The summed E-state index contributed by atoms with van der Waals surface area (Å²) in [6.07, 6.45) is 1.86. The SMILES string of the molecule is COCC(C)N(C)c1ncc(CCl)c2ccccc12. The van der Waals surface area contributed by atoms with Crippen LogP contribution in [0.1, 0.15) is 12.5 Å². The Hall–Kier alpha value is -1.32. The van der Waals surface area contributed by atoms with E-state index in [9.17, 15) is 0 Å². The van der Waals surface area contributed by atoms with Crippen molar-refractivity contribution < 1.29 is 4.74 Å². The molecule has 0 bridgehead atoms. The first-order chi connectivity index (χ1) is 9.19. The number of alkyl halides is 1. The number of pyridine rings is 1. The molecule has 1 aromatic carbocycles. The van der Waals surface area contributed by atoms with Crippen LogP contribution in [0.5, 0.6) is 0 Å². The average Bonchev–Trinajstić information content (AvgIpc) is 2.45. The summed E-state index contributed by atoms with van der Waals surface area (Å²) in [7, 11) is 3.76. The van der Waals surface area contributed by atoms with Crippen molar-refractivity contribution in [3.05, 3.63) is 36.0 Å². The molecule has 0 saturated heterocycles. The summed E-state index contributed by atoms with van der Waals surface area (Å²) in [4.78, 5) is 6.71. The van der Waals surface area contributed by atoms with E-state index in [1.165, 1.54) is 5.39 Å². The van der Waals surface area contributed by atoms with E-state index < -0.39 is 0 Å². The Morgan fingerprint density at radius 2 is 2.00 bits per heavy atom. The predicted octanol–water partition coefficient (Wildman–Crippen LogP) is 3.44. The fourth-order valence-electron chi connectivity index (χ4n) is 2.19. The third-order valence-corrected chi connectivity index (χ3v) is 3.69. The van der Waals surface area contributed by atoms with Crippen molar-refractivity contribution in [2.75, 3.05) is 25.7 Å². The van der Waals surface area contributed by atoms with Gasteiger partial charge in [-0.1, -0.05) is 24.3 Å². The van der Waals surface area contributed by atoms with Crippen molar-refractivity contribution >= 4 is 28.2 Å². The summed E-state index contributed by atoms with van der Waals surface area (Å²) >= 11 is 5.98. The molecule has 0 saturated carbocycles. The first kappa shape index (κ1) is 14.1. The third kappa shape index (κ3) is 2.82. The zero-order valence-corrected chi connectivity index (χ0v) is 12.3. The topological polar surface area (TPSA) is 25.4 Å². The maximum absolute atomic E-state index is 5.98. The Bertz CT molecular complexity index is 559. The molecule has 19 heavy (non-hydrogen) atoms. The van der Waals surface area contributed by atoms with Crippen molar-refractivity contribution in [1.82, 2.24) is 4.98 Å². The van der Waals surface area contributed by atoms with Gasteiger partial charge in [-0.3, -0.25) is 0 Å². The first-order valence-electron chi connectivity index (χ1n) is 6.33. The second-order valence-electron chi connectivity index (χ2n) is 4.70. The molecule has 0 aliphatic heterocycles. The lowest BCUT2D eigenvalue weighted by Crippen LogP contribution is -2.33. The molecule has 0 amide bonds. The molecule has 1 atom stereocenters. The molecule has 0 spiro atoms. The molecular weight excluding hydrogens is 260 g/mol. The van der Waals surface area contributed by atoms with Crippen LogP contribution in [0, 0.1) is 0 Å². The molecular formula is C15H19ClN2O. The minimum atomic E-state index is 0.266. The number of likely N-dealkylation sites (N-methyl/N-ethyl adjacent to an activating group) is 1. The summed E-state index contributed by atoms with van der Waals surface area (Å²) in [5.41, 5.74) is 1.06. The number of aromatic nitrogens is 1. The van der Waals surface area contributed by atoms with Gasteiger partial charge in [-0.25, -0.2) is 4.98 Å². The summed E-state index contributed by atoms with van der Waals surface area (Å²) in [5, 5.41) is 2.30. The maximum atomic E-state index is 5.98. The Morgan fingerprint density at radius 1 is 1.32 bits per heavy atom. The van der Waals surface area contributed by atoms with Crippen LogP contribution in [-0.4, -0.2) is 31.8 Å². The van der Waals surface area contributed by atoms with E-state index in [1.807, 2.05) is 25.4 Å². The monoisotopic (exact) mass is 278 g/mol. The van der Waals surface area contributed by atoms with Crippen LogP contribution in [0.3, 0.4) is 0 Å². The van der Waals surface area contributed by atoms with E-state index in [4.69, 9.17) is 16.3 Å². The second-order valence-corrected chi connectivity index (χ2v) is 4.97. The fraction of sp³-hybridized carbons (Fsp3) is 0.400. The maximum Gasteiger partial charge on any atom is 0.136 e. The van der Waals surface area contributed by atoms with Crippen molar-refractivity contribution in [3.63, 3.8) is 0 Å². The van der Waals surface area contributed by atoms with Gasteiger partial charge >= 0.3 is 0 Å². The molecule has 0 N–H and O–H groups in total. The van der Waals surface area contributed by atoms with Gasteiger partial charge in [0.25, 0.3) is 0 Å². The van der Waals surface area contributed by atoms with Crippen LogP contribution in [0.4, 0.5) is 5.82 Å². The van der Waals surface area contributed by atoms with Gasteiger partial charge in [-0.05, 0) is 17.9 Å². The molecule has 1 aromatic heterocycles. The van der Waals surface area contributed by atoms with E-state index in [1.54, 1.807) is 7.11 Å². The Kier molecular flexibility index (Phi) is 4.61. The van der Waals surface area contributed by atoms with Crippen LogP contribution >= 0.6 is 11.6 Å². The van der Waals surface area contributed by atoms with Crippen LogP contribution in [0.15, 0.2) is 30.5 Å². The molecule has 0 radical (unpaired) electrons. The summed E-state index contributed by atoms with van der Waals surface area (Å²) in [6.45, 7) is 2.79. The molecule has 1 heterocycles. The summed E-state index contributed by atoms with van der Waals surface area (Å²) < 4.78 is 5.21. The Labute approximate surface area is 119 Å². The van der Waals surface area contributed by atoms with Crippen LogP contribution in [0.25, 0.3) is 10.8 Å². The smallest absolute Gasteiger partial charge is 0.136 e. The first-order valence-corrected chi connectivity index (χ1v) is 6.86. The standard InChI is InChI=1S/C15H19ClN2O/c1-11(10-19-3)18(2)15-14-7-5-4-6-13(14)12(8-16)9-17-15/h4-7,9,11H,8,10H2,1-3H3. The molecule has 0 aliphatic carbocycles. The molecule has 0 fully saturated rings. The fourth-order valence-corrected chi connectivity index (χ4v) is 2.40. The summed E-state index contributed by atoms with van der Waals surface area (Å²) in [6, 6.07) is 8.50. The minimum absolute atomic E-state index is 0.266. The number of hydrogen-bond acceptors (Lipinski definition) is 3. The van der Waals surface area contributed by atoms with Gasteiger partial charge in [0, 0.05) is 31.6 Å². The minimum Gasteiger partial charge on any atom is -0.383 e. The predicted molar refractivity (Wildman–Crippen MR) is 81.0 cm³/mol. The molecule has 2 aromatic rings. The van der Waals surface area contributed by atoms with E-state index in [-0.39, 0.29) is 6.04 Å². The number of rotatable bonds is 5. The molecule has 2 rings (SSSR count). The lowest BCUT2D eigenvalue weighted by atomic mass is 10.1. The lowest BCUT2D eigenvalue weighted by Gasteiger charge is -2.26. The zero-order valence-electron chi connectivity index (χ0n) is 11.6. The number of ether oxygens (including phenoxy) is 1. The van der Waals surface area contributed by atoms with E-state index in [0.717, 1.165) is 16.8 Å². The summed E-state index contributed by atoms with van der Waals surface area (Å²) in [5.74, 6) is 1.44. The number of anilines is 1. The molecule has 102 valence electrons. The number of nitrogens with zero attached hydrogens (tertiary/aromatic N) is 2. The number of benzene rings is 1. The van der Waals surface area contributed by atoms with E-state index in [2.05, 4.69) is 28.9 Å². The molecule has 0 aliphatic rings. The number of halogens is 1. The normalized spacial score (nSPS) is 12.6. The van der Waals surface area contributed by atoms with Gasteiger partial charge in [0.05, 0.1) is 12.6 Å². The number of fused-ring (bicyclic) bond motifs is 1. The highest BCUT2D eigenvalue weighted by Gasteiger charge is 2.15. The number of methoxy groups -OCH3 is 1. The van der Waals surface area contributed by atoms with Gasteiger partial charge < -0.3 is 9.64 Å². The van der Waals surface area contributed by atoms with Crippen molar-refractivity contribution in [2.24, 2.45) is 0 Å². The average molecular weight is 279 g/mol. The highest BCUT2D eigenvalue weighted by molar-refractivity contribution is 6.18. The third-order valence-electron chi connectivity index (χ3n) is 3.40. The molecule has 4 heteroatoms. The van der Waals surface area contributed by atoms with Gasteiger partial charge in [0.15, 0.2) is 0 Å². The largest absolute Gasteiger partial charge is 0.383 e. The van der Waals surface area contributed by atoms with E-state index >= 15 is 0 Å². The van der Waals surface area contributed by atoms with Crippen molar-refractivity contribution in [3.8, 4) is 0 Å². The van der Waals surface area contributed by atoms with Gasteiger partial charge in [-0.15, -0.1) is 11.6 Å². The van der Waals surface area contributed by atoms with Crippen molar-refractivity contribution in [2.45, 2.75) is 18.8 Å². The van der Waals surface area contributed by atoms with Gasteiger partial charge in [0.1, 0.15) is 5.82 Å². The van der Waals surface area contributed by atoms with Gasteiger partial charge in [0.2, 0.25) is 0 Å². The molecule has 3 nitrogen and oxygen atoms in total. The lowest BCUT2D eigenvalue weighted by molar-refractivity contribution is 0.183. The van der Waals surface area contributed by atoms with Crippen molar-refractivity contribution in [1.29, 1.82) is 0 Å². The quantitative estimate of drug-likeness (QED) is 0.784. The van der Waals surface area contributed by atoms with Crippen LogP contribution < -0.4 is 4.90 Å². The number of hydrogen-bond donors (Lipinski definition) is 0. The highest BCUT2D eigenvalue weighted by atomic mass is 35.5. The van der Waals surface area contributed by atoms with Crippen LogP contribution in [0.2, 0.25) is 0 Å². The zero-order chi connectivity index (χ0) is 13.8. The van der Waals surface area contributed by atoms with Gasteiger partial charge in [-0.2, -0.15) is 0 Å². The Balaban J connectivity index is 2.50. The van der Waals surface area contributed by atoms with Crippen LogP contribution in [-0.2, 0) is 10.6 Å². The molecule has 1 unspecified atom stereocenters. The Morgan fingerprint density at radius 3 is 2.63 bits per heavy atom. The highest BCUT2D eigenvalue weighted by Crippen LogP contribution is 2.28.